The van der Waals surface area contributed by atoms with Gasteiger partial charge < -0.3 is 9.54 Å². The highest BCUT2D eigenvalue weighted by molar-refractivity contribution is 7.79. The van der Waals surface area contributed by atoms with Gasteiger partial charge in [0, 0.05) is 0 Å². The number of nitrogens with zero attached hydrogens (tertiary/aromatic N) is 1. The van der Waals surface area contributed by atoms with Crippen LogP contribution in [0.2, 0.25) is 0 Å². The molecule has 0 radical (unpaired) electrons. The summed E-state index contributed by atoms with van der Waals surface area (Å²) in [4.78, 5) is 17.7. The van der Waals surface area contributed by atoms with Crippen LogP contribution in [0, 0.1) is 0 Å². The Kier molecular flexibility index (Phi) is 2.14. The summed E-state index contributed by atoms with van der Waals surface area (Å²) >= 11 is -2.13. The molecule has 2 aromatic rings. The molecule has 2 N–H and O–H groups in total. The van der Waals surface area contributed by atoms with Gasteiger partial charge in [-0.15, -0.1) is 0 Å². The molecule has 1 heterocycles. The van der Waals surface area contributed by atoms with Gasteiger partial charge in [-0.05, 0) is 12.1 Å². The molecule has 0 saturated heterocycles. The molecule has 2 rings (SSSR count). The van der Waals surface area contributed by atoms with Crippen LogP contribution in [0.25, 0.3) is 10.9 Å². The maximum absolute atomic E-state index is 11.3. The lowest BCUT2D eigenvalue weighted by molar-refractivity contribution is 0.565. The number of hydrogen-bond acceptors (Lipinski definition) is 3. The highest BCUT2D eigenvalue weighted by Crippen LogP contribution is 2.14. The summed E-state index contributed by atoms with van der Waals surface area (Å²) < 4.78 is 19.8. The van der Waals surface area contributed by atoms with Gasteiger partial charge in [-0.2, -0.15) is 0 Å². The Balaban J connectivity index is 2.95. The van der Waals surface area contributed by atoms with Crippen LogP contribution in [0.5, 0.6) is 0 Å². The Hall–Kier alpha value is -1.53. The van der Waals surface area contributed by atoms with E-state index in [2.05, 4.69) is 9.97 Å². The molecular weight excluding hydrogens is 204 g/mol. The van der Waals surface area contributed by atoms with E-state index >= 15 is 0 Å². The normalized spacial score (nSPS) is 12.9. The van der Waals surface area contributed by atoms with Crippen molar-refractivity contribution in [1.82, 2.24) is 9.97 Å². The molecular formula is C8H6N2O3S. The van der Waals surface area contributed by atoms with Gasteiger partial charge in [0.15, 0.2) is 11.1 Å². The SMILES string of the molecule is O=c1[nH]cnc2c(S(=O)O)cccc12. The molecule has 1 unspecified atom stereocenters. The van der Waals surface area contributed by atoms with Crippen LogP contribution in [0.1, 0.15) is 0 Å². The number of nitrogens with one attached hydrogen (secondary N) is 1. The standard InChI is InChI=1S/C8H6N2O3S/c11-8-5-2-1-3-6(14(12)13)7(5)9-4-10-8/h1-4H,(H,12,13)(H,9,10,11). The molecule has 0 bridgehead atoms. The van der Waals surface area contributed by atoms with E-state index in [0.29, 0.717) is 5.39 Å². The van der Waals surface area contributed by atoms with Gasteiger partial charge in [0.2, 0.25) is 0 Å². The quantitative estimate of drug-likeness (QED) is 0.671. The molecule has 0 aliphatic rings. The maximum atomic E-state index is 11.3. The van der Waals surface area contributed by atoms with Gasteiger partial charge in [0.25, 0.3) is 5.56 Å². The number of aromatic nitrogens is 2. The van der Waals surface area contributed by atoms with E-state index in [1.807, 2.05) is 0 Å². The summed E-state index contributed by atoms with van der Waals surface area (Å²) in [6.07, 6.45) is 1.21. The summed E-state index contributed by atoms with van der Waals surface area (Å²) in [5, 5.41) is 0.312. The topological polar surface area (TPSA) is 83.0 Å². The zero-order valence-electron chi connectivity index (χ0n) is 6.93. The first-order chi connectivity index (χ1) is 6.70. The molecule has 0 saturated carbocycles. The average Bonchev–Trinajstić information content (AvgIpc) is 2.17. The lowest BCUT2D eigenvalue weighted by Crippen LogP contribution is -2.07. The van der Waals surface area contributed by atoms with Crippen LogP contribution in [-0.2, 0) is 11.1 Å². The fourth-order valence-electron chi connectivity index (χ4n) is 1.21. The summed E-state index contributed by atoms with van der Waals surface area (Å²) in [7, 11) is 0. The Labute approximate surface area is 81.1 Å². The number of aromatic amines is 1. The molecule has 0 spiro atoms. The summed E-state index contributed by atoms with van der Waals surface area (Å²) in [6.45, 7) is 0. The zero-order chi connectivity index (χ0) is 10.1. The predicted molar refractivity (Wildman–Crippen MR) is 51.4 cm³/mol. The number of rotatable bonds is 1. The van der Waals surface area contributed by atoms with Crippen LogP contribution < -0.4 is 5.56 Å². The van der Waals surface area contributed by atoms with Gasteiger partial charge in [-0.25, -0.2) is 9.19 Å². The third-order valence-electron chi connectivity index (χ3n) is 1.82. The third kappa shape index (κ3) is 1.34. The number of para-hydroxylation sites is 1. The van der Waals surface area contributed by atoms with Crippen molar-refractivity contribution in [1.29, 1.82) is 0 Å². The first-order valence-corrected chi connectivity index (χ1v) is 4.88. The van der Waals surface area contributed by atoms with E-state index in [1.54, 1.807) is 12.1 Å². The van der Waals surface area contributed by atoms with E-state index in [0.717, 1.165) is 0 Å². The van der Waals surface area contributed by atoms with E-state index in [-0.39, 0.29) is 16.0 Å². The number of fused-ring (bicyclic) bond motifs is 1. The lowest BCUT2D eigenvalue weighted by atomic mass is 10.2. The van der Waals surface area contributed by atoms with Crippen LogP contribution in [0.3, 0.4) is 0 Å². The van der Waals surface area contributed by atoms with Crippen LogP contribution in [0.4, 0.5) is 0 Å². The second kappa shape index (κ2) is 3.32. The second-order valence-corrected chi connectivity index (χ2v) is 3.57. The van der Waals surface area contributed by atoms with Crippen LogP contribution >= 0.6 is 0 Å². The Bertz CT molecular complexity index is 564. The van der Waals surface area contributed by atoms with Crippen LogP contribution in [0.15, 0.2) is 34.2 Å². The minimum absolute atomic E-state index is 0.147. The summed E-state index contributed by atoms with van der Waals surface area (Å²) in [6, 6.07) is 4.56. The largest absolute Gasteiger partial charge is 0.313 e. The van der Waals surface area contributed by atoms with Crippen molar-refractivity contribution < 1.29 is 8.76 Å². The second-order valence-electron chi connectivity index (χ2n) is 2.63. The minimum atomic E-state index is -2.13. The van der Waals surface area contributed by atoms with Crippen LogP contribution in [-0.4, -0.2) is 18.7 Å². The van der Waals surface area contributed by atoms with Crippen molar-refractivity contribution in [3.63, 3.8) is 0 Å². The van der Waals surface area contributed by atoms with Crippen molar-refractivity contribution in [2.45, 2.75) is 4.90 Å². The molecule has 0 fully saturated rings. The Morgan fingerprint density at radius 1 is 1.43 bits per heavy atom. The molecule has 1 aromatic carbocycles. The van der Waals surface area contributed by atoms with Gasteiger partial charge in [-0.1, -0.05) is 6.07 Å². The molecule has 14 heavy (non-hydrogen) atoms. The predicted octanol–water partition coefficient (Wildman–Crippen LogP) is 0.504. The minimum Gasteiger partial charge on any atom is -0.313 e. The van der Waals surface area contributed by atoms with Crippen molar-refractivity contribution >= 4 is 22.0 Å². The zero-order valence-corrected chi connectivity index (χ0v) is 7.75. The monoisotopic (exact) mass is 210 g/mol. The van der Waals surface area contributed by atoms with Gasteiger partial charge in [0.1, 0.15) is 0 Å². The van der Waals surface area contributed by atoms with Crippen molar-refractivity contribution in [3.8, 4) is 0 Å². The third-order valence-corrected chi connectivity index (χ3v) is 2.53. The molecule has 72 valence electrons. The van der Waals surface area contributed by atoms with E-state index in [4.69, 9.17) is 4.55 Å². The molecule has 5 nitrogen and oxygen atoms in total. The fourth-order valence-corrected chi connectivity index (χ4v) is 1.74. The van der Waals surface area contributed by atoms with Gasteiger partial charge in [-0.3, -0.25) is 4.79 Å². The van der Waals surface area contributed by atoms with Gasteiger partial charge >= 0.3 is 0 Å². The molecule has 0 amide bonds. The fraction of sp³-hybridized carbons (Fsp3) is 0. The molecule has 0 aliphatic heterocycles. The van der Waals surface area contributed by atoms with E-state index < -0.39 is 11.1 Å². The molecule has 1 aromatic heterocycles. The van der Waals surface area contributed by atoms with E-state index in [9.17, 15) is 9.00 Å². The Morgan fingerprint density at radius 3 is 2.93 bits per heavy atom. The highest BCUT2D eigenvalue weighted by atomic mass is 32.2. The smallest absolute Gasteiger partial charge is 0.258 e. The number of benzene rings is 1. The average molecular weight is 210 g/mol. The lowest BCUT2D eigenvalue weighted by Gasteiger charge is -1.99. The van der Waals surface area contributed by atoms with E-state index in [1.165, 1.54) is 12.4 Å². The summed E-state index contributed by atoms with van der Waals surface area (Å²) in [5.74, 6) is 0. The number of hydrogen-bond donors (Lipinski definition) is 2. The maximum Gasteiger partial charge on any atom is 0.258 e. The van der Waals surface area contributed by atoms with Crippen molar-refractivity contribution in [2.75, 3.05) is 0 Å². The highest BCUT2D eigenvalue weighted by Gasteiger charge is 2.08. The molecule has 6 heteroatoms. The Morgan fingerprint density at radius 2 is 2.21 bits per heavy atom. The van der Waals surface area contributed by atoms with Crippen molar-refractivity contribution in [2.24, 2.45) is 0 Å². The van der Waals surface area contributed by atoms with Crippen molar-refractivity contribution in [3.05, 3.63) is 34.9 Å². The summed E-state index contributed by atoms with van der Waals surface area (Å²) in [5.41, 5.74) is -0.0561. The number of H-pyrrole nitrogens is 1. The van der Waals surface area contributed by atoms with Gasteiger partial charge in [0.05, 0.1) is 22.1 Å². The molecule has 0 aliphatic carbocycles. The first-order valence-electron chi connectivity index (χ1n) is 3.77. The first kappa shape index (κ1) is 9.04. The molecule has 1 atom stereocenters.